The quantitative estimate of drug-likeness (QED) is 0.492. The van der Waals surface area contributed by atoms with Crippen LogP contribution in [0.4, 0.5) is 0 Å². The van der Waals surface area contributed by atoms with Gasteiger partial charge in [0, 0.05) is 12.8 Å². The molecule has 2 nitrogen and oxygen atoms in total. The second-order valence-corrected chi connectivity index (χ2v) is 8.01. The number of benzene rings is 1. The molecule has 27 heavy (non-hydrogen) atoms. The van der Waals surface area contributed by atoms with E-state index in [0.29, 0.717) is 0 Å². The molecule has 0 atom stereocenters. The Kier molecular flexibility index (Phi) is 5.64. The minimum atomic E-state index is 0.891. The van der Waals surface area contributed by atoms with Gasteiger partial charge in [0.15, 0.2) is 0 Å². The maximum Gasteiger partial charge on any atom is 0.107 e. The van der Waals surface area contributed by atoms with Crippen molar-refractivity contribution in [2.45, 2.75) is 74.1 Å². The van der Waals surface area contributed by atoms with E-state index >= 15 is 0 Å². The highest BCUT2D eigenvalue weighted by atomic mass is 16.3. The minimum absolute atomic E-state index is 0.891. The van der Waals surface area contributed by atoms with Gasteiger partial charge in [0.1, 0.15) is 17.3 Å². The Morgan fingerprint density at radius 3 is 1.96 bits per heavy atom. The van der Waals surface area contributed by atoms with Crippen molar-refractivity contribution in [1.29, 1.82) is 0 Å². The second kappa shape index (κ2) is 7.80. The second-order valence-electron chi connectivity index (χ2n) is 8.01. The summed E-state index contributed by atoms with van der Waals surface area (Å²) in [6.07, 6.45) is 5.82. The summed E-state index contributed by atoms with van der Waals surface area (Å²) in [5.74, 6) is 3.21. The number of hydrogen-bond acceptors (Lipinski definition) is 2. The monoisotopic (exact) mass is 364 g/mol. The molecule has 2 heterocycles. The van der Waals surface area contributed by atoms with Crippen LogP contribution in [0.1, 0.15) is 61.8 Å². The maximum atomic E-state index is 5.92. The van der Waals surface area contributed by atoms with Crippen molar-refractivity contribution in [2.75, 3.05) is 0 Å². The highest BCUT2D eigenvalue weighted by Crippen LogP contribution is 2.25. The fraction of sp³-hybridized carbons (Fsp3) is 0.440. The predicted octanol–water partition coefficient (Wildman–Crippen LogP) is 6.60. The van der Waals surface area contributed by atoms with Gasteiger partial charge >= 0.3 is 0 Å². The Labute approximate surface area is 163 Å². The van der Waals surface area contributed by atoms with E-state index in [1.54, 1.807) is 0 Å². The van der Waals surface area contributed by atoms with Crippen LogP contribution in [0.5, 0.6) is 0 Å². The van der Waals surface area contributed by atoms with E-state index < -0.39 is 0 Å². The summed E-state index contributed by atoms with van der Waals surface area (Å²) in [6, 6.07) is 4.59. The van der Waals surface area contributed by atoms with E-state index in [2.05, 4.69) is 53.7 Å². The predicted molar refractivity (Wildman–Crippen MR) is 112 cm³/mol. The van der Waals surface area contributed by atoms with Gasteiger partial charge in [0.25, 0.3) is 0 Å². The molecular weight excluding hydrogens is 332 g/mol. The summed E-state index contributed by atoms with van der Waals surface area (Å²) >= 11 is 0. The van der Waals surface area contributed by atoms with Gasteiger partial charge in [0.2, 0.25) is 0 Å². The summed E-state index contributed by atoms with van der Waals surface area (Å²) < 4.78 is 11.8. The lowest BCUT2D eigenvalue weighted by atomic mass is 9.95. The Hall–Kier alpha value is -2.22. The Morgan fingerprint density at radius 2 is 1.30 bits per heavy atom. The van der Waals surface area contributed by atoms with E-state index in [9.17, 15) is 0 Å². The van der Waals surface area contributed by atoms with Crippen molar-refractivity contribution in [3.05, 3.63) is 80.2 Å². The Morgan fingerprint density at radius 1 is 0.630 bits per heavy atom. The molecule has 0 bridgehead atoms. The fourth-order valence-corrected chi connectivity index (χ4v) is 3.92. The van der Waals surface area contributed by atoms with Gasteiger partial charge in [-0.05, 0) is 100 Å². The maximum absolute atomic E-state index is 5.92. The summed E-state index contributed by atoms with van der Waals surface area (Å²) in [6.45, 7) is 15.1. The lowest BCUT2D eigenvalue weighted by Gasteiger charge is -2.10. The van der Waals surface area contributed by atoms with Crippen LogP contribution < -0.4 is 0 Å². The lowest BCUT2D eigenvalue weighted by Crippen LogP contribution is -1.98. The van der Waals surface area contributed by atoms with Gasteiger partial charge in [0.05, 0.1) is 6.26 Å². The van der Waals surface area contributed by atoms with E-state index in [0.717, 1.165) is 43.0 Å². The summed E-state index contributed by atoms with van der Waals surface area (Å²) in [4.78, 5) is 0. The smallest absolute Gasteiger partial charge is 0.107 e. The van der Waals surface area contributed by atoms with Crippen LogP contribution in [0.3, 0.4) is 0 Å². The summed E-state index contributed by atoms with van der Waals surface area (Å²) in [5, 5.41) is 0. The largest absolute Gasteiger partial charge is 0.469 e. The molecule has 0 aliphatic rings. The zero-order valence-corrected chi connectivity index (χ0v) is 17.9. The first-order valence-electron chi connectivity index (χ1n) is 9.96. The van der Waals surface area contributed by atoms with Crippen LogP contribution in [0, 0.1) is 48.5 Å². The van der Waals surface area contributed by atoms with Crippen LogP contribution >= 0.6 is 0 Å². The van der Waals surface area contributed by atoms with Crippen LogP contribution in [0.2, 0.25) is 0 Å². The minimum Gasteiger partial charge on any atom is -0.469 e. The van der Waals surface area contributed by atoms with Crippen molar-refractivity contribution >= 4 is 0 Å². The zero-order valence-electron chi connectivity index (χ0n) is 17.9. The summed E-state index contributed by atoms with van der Waals surface area (Å²) in [5.41, 5.74) is 10.8. The van der Waals surface area contributed by atoms with Crippen molar-refractivity contribution in [3.63, 3.8) is 0 Å². The molecule has 0 spiro atoms. The third-order valence-corrected chi connectivity index (χ3v) is 6.19. The SMILES string of the molecule is Cc1cc(C)c(C)c(CCc2coc(CCc3oc(C)c(C)c3C)c2C)c1. The van der Waals surface area contributed by atoms with E-state index in [1.165, 1.54) is 44.5 Å². The first kappa shape index (κ1) is 19.5. The molecule has 0 amide bonds. The van der Waals surface area contributed by atoms with Crippen molar-refractivity contribution in [1.82, 2.24) is 0 Å². The van der Waals surface area contributed by atoms with Gasteiger partial charge < -0.3 is 8.83 Å². The molecule has 2 heteroatoms. The Balaban J connectivity index is 1.68. The van der Waals surface area contributed by atoms with Crippen LogP contribution in [0.25, 0.3) is 0 Å². The first-order chi connectivity index (χ1) is 12.8. The molecule has 0 radical (unpaired) electrons. The molecule has 3 aromatic rings. The zero-order chi connectivity index (χ0) is 19.7. The summed E-state index contributed by atoms with van der Waals surface area (Å²) in [7, 11) is 0. The lowest BCUT2D eigenvalue weighted by molar-refractivity contribution is 0.457. The van der Waals surface area contributed by atoms with Gasteiger partial charge in [-0.25, -0.2) is 0 Å². The molecule has 0 N–H and O–H groups in total. The van der Waals surface area contributed by atoms with Gasteiger partial charge in [-0.1, -0.05) is 17.7 Å². The van der Waals surface area contributed by atoms with Crippen LogP contribution in [-0.2, 0) is 25.7 Å². The van der Waals surface area contributed by atoms with Gasteiger partial charge in [-0.3, -0.25) is 0 Å². The van der Waals surface area contributed by atoms with Crippen LogP contribution in [-0.4, -0.2) is 0 Å². The third kappa shape index (κ3) is 4.05. The fourth-order valence-electron chi connectivity index (χ4n) is 3.92. The topological polar surface area (TPSA) is 26.3 Å². The molecule has 2 aromatic heterocycles. The average molecular weight is 365 g/mol. The van der Waals surface area contributed by atoms with Gasteiger partial charge in [-0.2, -0.15) is 0 Å². The highest BCUT2D eigenvalue weighted by Gasteiger charge is 2.14. The molecule has 0 unspecified atom stereocenters. The van der Waals surface area contributed by atoms with Crippen molar-refractivity contribution in [2.24, 2.45) is 0 Å². The number of aryl methyl sites for hydroxylation is 7. The highest BCUT2D eigenvalue weighted by molar-refractivity contribution is 5.38. The first-order valence-corrected chi connectivity index (χ1v) is 9.96. The van der Waals surface area contributed by atoms with Gasteiger partial charge in [-0.15, -0.1) is 0 Å². The molecule has 3 rings (SSSR count). The van der Waals surface area contributed by atoms with Crippen molar-refractivity contribution < 1.29 is 8.83 Å². The van der Waals surface area contributed by atoms with E-state index in [4.69, 9.17) is 8.83 Å². The van der Waals surface area contributed by atoms with E-state index in [-0.39, 0.29) is 0 Å². The molecular formula is C25H32O2. The number of rotatable bonds is 6. The molecule has 0 saturated heterocycles. The number of furan rings is 2. The molecule has 0 saturated carbocycles. The number of hydrogen-bond donors (Lipinski definition) is 0. The third-order valence-electron chi connectivity index (χ3n) is 6.19. The van der Waals surface area contributed by atoms with Crippen molar-refractivity contribution in [3.8, 4) is 0 Å². The normalized spacial score (nSPS) is 11.4. The molecule has 144 valence electrons. The molecule has 0 aliphatic carbocycles. The Bertz CT molecular complexity index is 953. The average Bonchev–Trinajstić information content (AvgIpc) is 3.09. The standard InChI is InChI=1S/C25H32O2/c1-15-12-16(2)17(3)22(13-15)8-9-23-14-26-24(20(23)6)10-11-25-19(5)18(4)21(7)27-25/h12-14H,8-11H2,1-7H3. The van der Waals surface area contributed by atoms with Crippen LogP contribution in [0.15, 0.2) is 27.2 Å². The molecule has 0 fully saturated rings. The molecule has 0 aliphatic heterocycles. The molecule has 1 aromatic carbocycles. The van der Waals surface area contributed by atoms with E-state index in [1.807, 2.05) is 13.2 Å².